The second-order valence-electron chi connectivity index (χ2n) is 5.14. The van der Waals surface area contributed by atoms with Gasteiger partial charge in [-0.15, -0.1) is 0 Å². The minimum atomic E-state index is -3.02. The van der Waals surface area contributed by atoms with Gasteiger partial charge in [-0.1, -0.05) is 6.92 Å². The molecule has 0 aromatic carbocycles. The molecule has 0 saturated carbocycles. The normalized spacial score (nSPS) is 22.9. The monoisotopic (exact) mass is 291 g/mol. The van der Waals surface area contributed by atoms with Gasteiger partial charge in [0.15, 0.2) is 9.84 Å². The minimum absolute atomic E-state index is 0.0277. The Morgan fingerprint density at radius 3 is 2.42 bits per heavy atom. The first-order valence-corrected chi connectivity index (χ1v) is 8.29. The minimum Gasteiger partial charge on any atom is -0.481 e. The molecule has 1 aliphatic heterocycles. The van der Waals surface area contributed by atoms with Gasteiger partial charge >= 0.3 is 5.97 Å². The highest BCUT2D eigenvalue weighted by molar-refractivity contribution is 7.91. The van der Waals surface area contributed by atoms with Gasteiger partial charge in [-0.2, -0.15) is 0 Å². The molecule has 0 spiro atoms. The molecule has 1 saturated heterocycles. The van der Waals surface area contributed by atoms with Crippen LogP contribution >= 0.6 is 0 Å². The number of hydrogen-bond donors (Lipinski definition) is 1. The second kappa shape index (κ2) is 6.36. The number of carbonyl (C=O) groups is 2. The van der Waals surface area contributed by atoms with Crippen molar-refractivity contribution in [3.8, 4) is 0 Å². The van der Waals surface area contributed by atoms with E-state index < -0.39 is 15.8 Å². The van der Waals surface area contributed by atoms with Crippen molar-refractivity contribution in [2.45, 2.75) is 39.2 Å². The van der Waals surface area contributed by atoms with Crippen LogP contribution in [-0.4, -0.2) is 54.4 Å². The third-order valence-electron chi connectivity index (χ3n) is 3.36. The highest BCUT2D eigenvalue weighted by atomic mass is 32.2. The molecule has 1 N–H and O–H groups in total. The fraction of sp³-hybridized carbons (Fsp3) is 0.833. The Kier molecular flexibility index (Phi) is 5.34. The van der Waals surface area contributed by atoms with E-state index in [4.69, 9.17) is 5.11 Å². The Morgan fingerprint density at radius 1 is 1.37 bits per heavy atom. The maximum absolute atomic E-state index is 12.1. The summed E-state index contributed by atoms with van der Waals surface area (Å²) in [5.41, 5.74) is 0. The van der Waals surface area contributed by atoms with Gasteiger partial charge in [0.05, 0.1) is 11.5 Å². The van der Waals surface area contributed by atoms with Gasteiger partial charge < -0.3 is 10.0 Å². The summed E-state index contributed by atoms with van der Waals surface area (Å²) in [6.07, 6.45) is 0.582. The Bertz CT molecular complexity index is 445. The second-order valence-corrected chi connectivity index (χ2v) is 7.37. The summed E-state index contributed by atoms with van der Waals surface area (Å²) in [6.45, 7) is 3.98. The molecule has 1 fully saturated rings. The first-order chi connectivity index (χ1) is 8.75. The van der Waals surface area contributed by atoms with E-state index in [0.717, 1.165) is 0 Å². The van der Waals surface area contributed by atoms with E-state index in [1.807, 2.05) is 6.92 Å². The van der Waals surface area contributed by atoms with Crippen LogP contribution in [0.3, 0.4) is 0 Å². The van der Waals surface area contributed by atoms with Crippen LogP contribution < -0.4 is 0 Å². The zero-order chi connectivity index (χ0) is 14.6. The van der Waals surface area contributed by atoms with Crippen LogP contribution in [-0.2, 0) is 19.4 Å². The van der Waals surface area contributed by atoms with Gasteiger partial charge in [0.2, 0.25) is 5.91 Å². The summed E-state index contributed by atoms with van der Waals surface area (Å²) in [7, 11) is -3.02. The fourth-order valence-corrected chi connectivity index (χ4v) is 4.18. The molecule has 1 amide bonds. The van der Waals surface area contributed by atoms with Crippen molar-refractivity contribution >= 4 is 21.7 Å². The molecule has 0 aromatic rings. The first-order valence-electron chi connectivity index (χ1n) is 6.47. The molecular formula is C12H21NO5S. The van der Waals surface area contributed by atoms with Crippen LogP contribution in [0.2, 0.25) is 0 Å². The third-order valence-corrected chi connectivity index (χ3v) is 5.11. The Labute approximate surface area is 113 Å². The smallest absolute Gasteiger partial charge is 0.303 e. The third kappa shape index (κ3) is 4.81. The van der Waals surface area contributed by atoms with Crippen LogP contribution in [0.4, 0.5) is 0 Å². The average molecular weight is 291 g/mol. The molecule has 1 aliphatic rings. The average Bonchev–Trinajstić information content (AvgIpc) is 2.58. The Balaban J connectivity index is 2.60. The highest BCUT2D eigenvalue weighted by Crippen LogP contribution is 2.20. The van der Waals surface area contributed by atoms with Gasteiger partial charge in [-0.25, -0.2) is 8.42 Å². The van der Waals surface area contributed by atoms with E-state index >= 15 is 0 Å². The van der Waals surface area contributed by atoms with Crippen molar-refractivity contribution in [2.24, 2.45) is 5.92 Å². The van der Waals surface area contributed by atoms with Crippen LogP contribution in [0.1, 0.15) is 33.1 Å². The maximum atomic E-state index is 12.1. The number of carbonyl (C=O) groups excluding carboxylic acids is 1. The van der Waals surface area contributed by atoms with E-state index in [-0.39, 0.29) is 42.2 Å². The van der Waals surface area contributed by atoms with Gasteiger partial charge in [0.25, 0.3) is 0 Å². The lowest BCUT2D eigenvalue weighted by molar-refractivity contribution is -0.138. The van der Waals surface area contributed by atoms with E-state index in [2.05, 4.69) is 0 Å². The Morgan fingerprint density at radius 2 is 2.00 bits per heavy atom. The van der Waals surface area contributed by atoms with Crippen molar-refractivity contribution < 1.29 is 23.1 Å². The summed E-state index contributed by atoms with van der Waals surface area (Å²) in [5.74, 6) is -1.16. The van der Waals surface area contributed by atoms with Gasteiger partial charge in [-0.3, -0.25) is 9.59 Å². The number of carboxylic acid groups (broad SMARTS) is 1. The molecule has 19 heavy (non-hydrogen) atoms. The van der Waals surface area contributed by atoms with Crippen molar-refractivity contribution in [1.82, 2.24) is 4.90 Å². The van der Waals surface area contributed by atoms with Crippen molar-refractivity contribution in [2.75, 3.05) is 18.1 Å². The van der Waals surface area contributed by atoms with E-state index in [1.165, 1.54) is 0 Å². The Hall–Kier alpha value is -1.11. The topological polar surface area (TPSA) is 91.8 Å². The van der Waals surface area contributed by atoms with Crippen LogP contribution in [0, 0.1) is 5.92 Å². The van der Waals surface area contributed by atoms with Crippen LogP contribution in [0.15, 0.2) is 0 Å². The van der Waals surface area contributed by atoms with E-state index in [1.54, 1.807) is 11.8 Å². The summed E-state index contributed by atoms with van der Waals surface area (Å²) < 4.78 is 22.9. The first kappa shape index (κ1) is 15.9. The highest BCUT2D eigenvalue weighted by Gasteiger charge is 2.34. The van der Waals surface area contributed by atoms with E-state index in [9.17, 15) is 18.0 Å². The van der Waals surface area contributed by atoms with Crippen molar-refractivity contribution in [3.63, 3.8) is 0 Å². The molecule has 110 valence electrons. The lowest BCUT2D eigenvalue weighted by Crippen LogP contribution is -2.41. The molecule has 0 bridgehead atoms. The SMILES string of the molecule is CCN(C(=O)CC(C)CC(=O)O)C1CCS(=O)(=O)C1. The molecule has 1 rings (SSSR count). The van der Waals surface area contributed by atoms with Gasteiger partial charge in [-0.05, 0) is 19.3 Å². The molecule has 0 aliphatic carbocycles. The molecular weight excluding hydrogens is 270 g/mol. The van der Waals surface area contributed by atoms with Crippen LogP contribution in [0.5, 0.6) is 0 Å². The van der Waals surface area contributed by atoms with Crippen molar-refractivity contribution in [1.29, 1.82) is 0 Å². The maximum Gasteiger partial charge on any atom is 0.303 e. The molecule has 2 unspecified atom stereocenters. The molecule has 0 aromatic heterocycles. The van der Waals surface area contributed by atoms with E-state index in [0.29, 0.717) is 13.0 Å². The number of aliphatic carboxylic acids is 1. The standard InChI is InChI=1S/C12H21NO5S/c1-3-13(10-4-5-19(17,18)8-10)11(14)6-9(2)7-12(15)16/h9-10H,3-8H2,1-2H3,(H,15,16). The molecule has 6 nitrogen and oxygen atoms in total. The zero-order valence-electron chi connectivity index (χ0n) is 11.3. The number of sulfone groups is 1. The van der Waals surface area contributed by atoms with Gasteiger partial charge in [0.1, 0.15) is 0 Å². The lowest BCUT2D eigenvalue weighted by Gasteiger charge is -2.27. The van der Waals surface area contributed by atoms with Crippen LogP contribution in [0.25, 0.3) is 0 Å². The quantitative estimate of drug-likeness (QED) is 0.770. The predicted octanol–water partition coefficient (Wildman–Crippen LogP) is 0.523. The number of hydrogen-bond acceptors (Lipinski definition) is 4. The summed E-state index contributed by atoms with van der Waals surface area (Å²) in [5, 5.41) is 8.67. The number of carboxylic acids is 1. The largest absolute Gasteiger partial charge is 0.481 e. The van der Waals surface area contributed by atoms with Crippen molar-refractivity contribution in [3.05, 3.63) is 0 Å². The summed E-state index contributed by atoms with van der Waals surface area (Å²) in [6, 6.07) is -0.250. The van der Waals surface area contributed by atoms with Gasteiger partial charge in [0, 0.05) is 25.4 Å². The molecule has 1 heterocycles. The fourth-order valence-electron chi connectivity index (χ4n) is 2.44. The number of rotatable bonds is 6. The molecule has 0 radical (unpaired) electrons. The molecule has 2 atom stereocenters. The lowest BCUT2D eigenvalue weighted by atomic mass is 10.0. The predicted molar refractivity (Wildman–Crippen MR) is 70.5 cm³/mol. The number of amides is 1. The zero-order valence-corrected chi connectivity index (χ0v) is 12.1. The summed E-state index contributed by atoms with van der Waals surface area (Å²) in [4.78, 5) is 24.2. The number of nitrogens with zero attached hydrogens (tertiary/aromatic N) is 1. The summed E-state index contributed by atoms with van der Waals surface area (Å²) >= 11 is 0. The molecule has 7 heteroatoms.